The summed E-state index contributed by atoms with van der Waals surface area (Å²) in [4.78, 5) is 0. The molecule has 0 aliphatic heterocycles. The molecule has 0 atom stereocenters. The first kappa shape index (κ1) is 13.1. The van der Waals surface area contributed by atoms with Gasteiger partial charge in [0, 0.05) is 24.2 Å². The molecule has 3 heteroatoms. The van der Waals surface area contributed by atoms with Crippen LogP contribution in [0.1, 0.15) is 18.4 Å². The molecular weight excluding hydrogens is 253 g/mol. The van der Waals surface area contributed by atoms with Crippen LogP contribution in [0.15, 0.2) is 42.5 Å². The molecule has 104 valence electrons. The molecule has 0 saturated heterocycles. The summed E-state index contributed by atoms with van der Waals surface area (Å²) in [5, 5.41) is 3.47. The first-order chi connectivity index (χ1) is 9.76. The Labute approximate surface area is 118 Å². The third-order valence-corrected chi connectivity index (χ3v) is 3.61. The van der Waals surface area contributed by atoms with Crippen LogP contribution in [0, 0.1) is 5.82 Å². The van der Waals surface area contributed by atoms with Crippen LogP contribution < -0.4 is 10.1 Å². The first-order valence-electron chi connectivity index (χ1n) is 6.92. The van der Waals surface area contributed by atoms with Crippen molar-refractivity contribution in [2.24, 2.45) is 0 Å². The Bertz CT molecular complexity index is 590. The average molecular weight is 271 g/mol. The largest absolute Gasteiger partial charge is 0.497 e. The van der Waals surface area contributed by atoms with E-state index in [1.807, 2.05) is 24.3 Å². The minimum Gasteiger partial charge on any atom is -0.497 e. The quantitative estimate of drug-likeness (QED) is 0.894. The van der Waals surface area contributed by atoms with Crippen molar-refractivity contribution in [1.29, 1.82) is 0 Å². The summed E-state index contributed by atoms with van der Waals surface area (Å²) in [6, 6.07) is 13.7. The van der Waals surface area contributed by atoms with E-state index in [0.29, 0.717) is 17.4 Å². The Morgan fingerprint density at radius 1 is 1.15 bits per heavy atom. The summed E-state index contributed by atoms with van der Waals surface area (Å²) in [6.45, 7) is 0.885. The Morgan fingerprint density at radius 2 is 1.90 bits per heavy atom. The molecule has 20 heavy (non-hydrogen) atoms. The molecule has 0 bridgehead atoms. The lowest BCUT2D eigenvalue weighted by atomic mass is 10.0. The maximum Gasteiger partial charge on any atom is 0.134 e. The van der Waals surface area contributed by atoms with Gasteiger partial charge >= 0.3 is 0 Å². The van der Waals surface area contributed by atoms with Crippen molar-refractivity contribution in [3.05, 3.63) is 53.8 Å². The first-order valence-corrected chi connectivity index (χ1v) is 6.92. The highest BCUT2D eigenvalue weighted by molar-refractivity contribution is 5.65. The molecule has 1 fully saturated rings. The van der Waals surface area contributed by atoms with Gasteiger partial charge in [0.05, 0.1) is 7.11 Å². The molecule has 3 rings (SSSR count). The number of ether oxygens (including phenoxy) is 1. The van der Waals surface area contributed by atoms with Crippen molar-refractivity contribution in [3.63, 3.8) is 0 Å². The molecule has 1 saturated carbocycles. The van der Waals surface area contributed by atoms with E-state index in [1.54, 1.807) is 12.1 Å². The van der Waals surface area contributed by atoms with Gasteiger partial charge in [-0.25, -0.2) is 4.39 Å². The molecule has 0 amide bonds. The number of benzene rings is 2. The summed E-state index contributed by atoms with van der Waals surface area (Å²) >= 11 is 0. The fourth-order valence-electron chi connectivity index (χ4n) is 2.21. The van der Waals surface area contributed by atoms with Crippen LogP contribution in [-0.2, 0) is 6.54 Å². The van der Waals surface area contributed by atoms with E-state index >= 15 is 0 Å². The van der Waals surface area contributed by atoms with Gasteiger partial charge in [0.15, 0.2) is 0 Å². The fraction of sp³-hybridized carbons (Fsp3) is 0.294. The number of hydrogen-bond acceptors (Lipinski definition) is 2. The summed E-state index contributed by atoms with van der Waals surface area (Å²) in [5.74, 6) is 0.282. The van der Waals surface area contributed by atoms with E-state index in [9.17, 15) is 4.39 Å². The molecule has 0 aromatic heterocycles. The predicted octanol–water partition coefficient (Wildman–Crippen LogP) is 3.75. The molecule has 2 aromatic carbocycles. The second kappa shape index (κ2) is 5.63. The van der Waals surface area contributed by atoms with Gasteiger partial charge in [0.1, 0.15) is 11.6 Å². The van der Waals surface area contributed by atoms with Crippen LogP contribution in [0.2, 0.25) is 0 Å². The van der Waals surface area contributed by atoms with Gasteiger partial charge in [-0.1, -0.05) is 24.3 Å². The minimum atomic E-state index is -0.256. The van der Waals surface area contributed by atoms with Crippen LogP contribution in [0.25, 0.3) is 11.1 Å². The maximum atomic E-state index is 14.0. The fourth-order valence-corrected chi connectivity index (χ4v) is 2.21. The second-order valence-corrected chi connectivity index (χ2v) is 5.20. The Hall–Kier alpha value is -1.87. The van der Waals surface area contributed by atoms with Crippen molar-refractivity contribution < 1.29 is 9.13 Å². The molecule has 1 aliphatic rings. The highest BCUT2D eigenvalue weighted by Gasteiger charge is 2.19. The smallest absolute Gasteiger partial charge is 0.134 e. The van der Waals surface area contributed by atoms with E-state index in [2.05, 4.69) is 5.32 Å². The van der Waals surface area contributed by atoms with Gasteiger partial charge in [-0.05, 0) is 36.1 Å². The molecule has 0 radical (unpaired) electrons. The zero-order valence-electron chi connectivity index (χ0n) is 11.5. The number of methoxy groups -OCH3 is 1. The lowest BCUT2D eigenvalue weighted by Crippen LogP contribution is -2.15. The van der Waals surface area contributed by atoms with Crippen LogP contribution in [0.3, 0.4) is 0 Å². The highest BCUT2D eigenvalue weighted by atomic mass is 19.1. The Balaban J connectivity index is 1.75. The van der Waals surface area contributed by atoms with Crippen LogP contribution >= 0.6 is 0 Å². The molecule has 0 spiro atoms. The maximum absolute atomic E-state index is 14.0. The third-order valence-electron chi connectivity index (χ3n) is 3.61. The van der Waals surface area contributed by atoms with E-state index in [1.165, 1.54) is 31.6 Å². The average Bonchev–Trinajstić information content (AvgIpc) is 3.30. The minimum absolute atomic E-state index is 0.256. The number of nitrogens with one attached hydrogen (secondary N) is 1. The van der Waals surface area contributed by atoms with Gasteiger partial charge in [-0.3, -0.25) is 0 Å². The summed E-state index contributed by atoms with van der Waals surface area (Å²) < 4.78 is 19.0. The Kier molecular flexibility index (Phi) is 3.70. The molecule has 1 N–H and O–H groups in total. The van der Waals surface area contributed by atoms with Gasteiger partial charge < -0.3 is 10.1 Å². The molecule has 0 unspecified atom stereocenters. The van der Waals surface area contributed by atoms with Gasteiger partial charge in [0.25, 0.3) is 0 Å². The Morgan fingerprint density at radius 3 is 2.50 bits per heavy atom. The summed E-state index contributed by atoms with van der Waals surface area (Å²) in [5.41, 5.74) is 2.72. The summed E-state index contributed by atoms with van der Waals surface area (Å²) in [6.07, 6.45) is 2.57. The molecule has 1 aliphatic carbocycles. The van der Waals surface area contributed by atoms with Crippen molar-refractivity contribution in [1.82, 2.24) is 5.32 Å². The molecule has 0 heterocycles. The van der Waals surface area contributed by atoms with E-state index in [-0.39, 0.29) is 5.82 Å². The zero-order valence-corrected chi connectivity index (χ0v) is 11.5. The molecule has 2 nitrogen and oxygen atoms in total. The molecule has 2 aromatic rings. The van der Waals surface area contributed by atoms with E-state index < -0.39 is 0 Å². The van der Waals surface area contributed by atoms with Crippen molar-refractivity contribution in [2.45, 2.75) is 25.4 Å². The van der Waals surface area contributed by atoms with Crippen molar-refractivity contribution >= 4 is 0 Å². The standard InChI is InChI=1S/C17H18FNO/c1-20-15-8-9-16(17(18)10-15)13-4-2-12(3-5-13)11-19-14-6-7-14/h2-5,8-10,14,19H,6-7,11H2,1H3. The highest BCUT2D eigenvalue weighted by Crippen LogP contribution is 2.26. The number of halogens is 1. The third kappa shape index (κ3) is 2.99. The summed E-state index contributed by atoms with van der Waals surface area (Å²) in [7, 11) is 1.54. The van der Waals surface area contributed by atoms with Crippen LogP contribution in [0.5, 0.6) is 5.75 Å². The predicted molar refractivity (Wildman–Crippen MR) is 78.2 cm³/mol. The van der Waals surface area contributed by atoms with E-state index in [0.717, 1.165) is 12.1 Å². The van der Waals surface area contributed by atoms with E-state index in [4.69, 9.17) is 4.74 Å². The lowest BCUT2D eigenvalue weighted by molar-refractivity contribution is 0.411. The van der Waals surface area contributed by atoms with Gasteiger partial charge in [-0.15, -0.1) is 0 Å². The number of hydrogen-bond donors (Lipinski definition) is 1. The van der Waals surface area contributed by atoms with Gasteiger partial charge in [-0.2, -0.15) is 0 Å². The topological polar surface area (TPSA) is 21.3 Å². The monoisotopic (exact) mass is 271 g/mol. The zero-order chi connectivity index (χ0) is 13.9. The second-order valence-electron chi connectivity index (χ2n) is 5.20. The van der Waals surface area contributed by atoms with Crippen LogP contribution in [0.4, 0.5) is 4.39 Å². The van der Waals surface area contributed by atoms with Crippen molar-refractivity contribution in [3.8, 4) is 16.9 Å². The van der Waals surface area contributed by atoms with Crippen LogP contribution in [-0.4, -0.2) is 13.2 Å². The normalized spacial score (nSPS) is 14.3. The lowest BCUT2D eigenvalue weighted by Gasteiger charge is -2.08. The SMILES string of the molecule is COc1ccc(-c2ccc(CNC3CC3)cc2)c(F)c1. The van der Waals surface area contributed by atoms with Crippen molar-refractivity contribution in [2.75, 3.05) is 7.11 Å². The number of rotatable bonds is 5. The van der Waals surface area contributed by atoms with Gasteiger partial charge in [0.2, 0.25) is 0 Å². The molecular formula is C17H18FNO.